The summed E-state index contributed by atoms with van der Waals surface area (Å²) in [6, 6.07) is 0.536. The van der Waals surface area contributed by atoms with Crippen molar-refractivity contribution >= 4 is 28.4 Å². The number of rotatable bonds is 12. The number of hydrogen-bond acceptors (Lipinski definition) is 5. The van der Waals surface area contributed by atoms with Crippen LogP contribution in [0.3, 0.4) is 0 Å². The minimum atomic E-state index is -2.30. The number of ketones is 1. The minimum absolute atomic E-state index is 0.00170. The summed E-state index contributed by atoms with van der Waals surface area (Å²) in [5.41, 5.74) is 4.65. The van der Waals surface area contributed by atoms with E-state index in [1.165, 1.54) is 32.1 Å². The Balaban J connectivity index is 0.00000187. The Morgan fingerprint density at radius 3 is 1.65 bits per heavy atom. The predicted octanol–water partition coefficient (Wildman–Crippen LogP) is 8.57. The second-order valence-corrected chi connectivity index (χ2v) is 25.2. The fourth-order valence-corrected chi connectivity index (χ4v) is 7.38. The van der Waals surface area contributed by atoms with Crippen LogP contribution in [0.5, 0.6) is 0 Å². The second-order valence-electron chi connectivity index (χ2n) is 15.7. The number of carboxylic acids is 1. The van der Waals surface area contributed by atoms with Gasteiger partial charge in [0.1, 0.15) is 5.78 Å². The van der Waals surface area contributed by atoms with Gasteiger partial charge in [-0.15, -0.1) is 6.58 Å². The van der Waals surface area contributed by atoms with Gasteiger partial charge in [-0.05, 0) is 55.0 Å². The van der Waals surface area contributed by atoms with E-state index in [0.29, 0.717) is 6.04 Å². The molecule has 3 N–H and O–H groups in total. The highest BCUT2D eigenvalue weighted by atomic mass is 28.4. The molecule has 0 aromatic rings. The first-order chi connectivity index (χ1) is 17.8. The van der Waals surface area contributed by atoms with Crippen molar-refractivity contribution in [2.75, 3.05) is 0 Å². The highest BCUT2D eigenvalue weighted by molar-refractivity contribution is 6.74. The molecule has 1 fully saturated rings. The Kier molecular flexibility index (Phi) is 14.8. The van der Waals surface area contributed by atoms with E-state index < -0.39 is 40.0 Å². The van der Waals surface area contributed by atoms with E-state index in [-0.39, 0.29) is 34.3 Å². The summed E-state index contributed by atoms with van der Waals surface area (Å²) in [6.07, 6.45) is 7.26. The van der Waals surface area contributed by atoms with E-state index in [0.717, 1.165) is 0 Å². The number of hydrogen-bond donors (Lipinski definition) is 2. The molecule has 1 rings (SSSR count). The van der Waals surface area contributed by atoms with Crippen LogP contribution in [0.1, 0.15) is 108 Å². The first-order valence-electron chi connectivity index (χ1n) is 15.3. The first-order valence-corrected chi connectivity index (χ1v) is 21.1. The van der Waals surface area contributed by atoms with Gasteiger partial charge in [-0.1, -0.05) is 94.6 Å². The Morgan fingerprint density at radius 2 is 1.32 bits per heavy atom. The molecule has 0 heterocycles. The quantitative estimate of drug-likeness (QED) is 0.172. The average Bonchev–Trinajstić information content (AvgIpc) is 2.79. The van der Waals surface area contributed by atoms with Crippen molar-refractivity contribution in [1.29, 1.82) is 0 Å². The van der Waals surface area contributed by atoms with Crippen LogP contribution in [0.15, 0.2) is 12.7 Å². The smallest absolute Gasteiger partial charge is 0.305 e. The molecule has 0 radical (unpaired) electrons. The summed E-state index contributed by atoms with van der Waals surface area (Å²) in [7, 11) is -4.45. The van der Waals surface area contributed by atoms with Gasteiger partial charge in [0.2, 0.25) is 0 Å². The minimum Gasteiger partial charge on any atom is -0.481 e. The lowest BCUT2D eigenvalue weighted by Crippen LogP contribution is -2.54. The lowest BCUT2D eigenvalue weighted by molar-refractivity contribution is -0.146. The maximum absolute atomic E-state index is 14.0. The molecule has 0 saturated heterocycles. The molecule has 0 unspecified atom stereocenters. The molecule has 4 atom stereocenters. The van der Waals surface area contributed by atoms with Crippen molar-refractivity contribution < 1.29 is 23.5 Å². The molecule has 0 aromatic heterocycles. The van der Waals surface area contributed by atoms with Gasteiger partial charge in [-0.3, -0.25) is 9.59 Å². The number of carbonyl (C=O) groups excluding carboxylic acids is 1. The zero-order valence-electron chi connectivity index (χ0n) is 28.6. The van der Waals surface area contributed by atoms with Crippen LogP contribution in [0.25, 0.3) is 0 Å². The normalized spacial score (nSPS) is 19.1. The van der Waals surface area contributed by atoms with Crippen LogP contribution in [0.2, 0.25) is 36.3 Å². The van der Waals surface area contributed by atoms with Crippen molar-refractivity contribution in [3.63, 3.8) is 0 Å². The summed E-state index contributed by atoms with van der Waals surface area (Å²) < 4.78 is 13.3. The standard InChI is InChI=1S/C26H52O5Si2.C6H13N/c1-16-18(2)22(31-33(14,15)25(7,8)9)19(3)23(29)26(10,11)20(17-21(27)28)30-32(12,13)24(4,5)6;7-6-4-2-1-3-5-6/h16,18-20,22H,1,17H2,2-15H3,(H,27,28);6H,1-5,7H2/t18-,19+,20-,22-;/m0./s1. The molecule has 6 nitrogen and oxygen atoms in total. The molecule has 1 aliphatic carbocycles. The molecule has 236 valence electrons. The van der Waals surface area contributed by atoms with Crippen LogP contribution >= 0.6 is 0 Å². The molecule has 0 aromatic carbocycles. The number of carbonyl (C=O) groups is 2. The summed E-state index contributed by atoms with van der Waals surface area (Å²) in [4.78, 5) is 25.7. The average molecular weight is 600 g/mol. The maximum atomic E-state index is 14.0. The van der Waals surface area contributed by atoms with E-state index in [4.69, 9.17) is 14.6 Å². The zero-order valence-corrected chi connectivity index (χ0v) is 30.6. The molecule has 0 spiro atoms. The van der Waals surface area contributed by atoms with Gasteiger partial charge in [0.05, 0.1) is 18.6 Å². The van der Waals surface area contributed by atoms with Crippen molar-refractivity contribution in [1.82, 2.24) is 0 Å². The van der Waals surface area contributed by atoms with Gasteiger partial charge in [-0.25, -0.2) is 0 Å². The number of carboxylic acid groups (broad SMARTS) is 1. The topological polar surface area (TPSA) is 98.9 Å². The van der Waals surface area contributed by atoms with Crippen LogP contribution in [0.4, 0.5) is 0 Å². The second kappa shape index (κ2) is 15.1. The van der Waals surface area contributed by atoms with Crippen LogP contribution in [-0.4, -0.2) is 51.7 Å². The van der Waals surface area contributed by atoms with Crippen molar-refractivity contribution in [3.8, 4) is 0 Å². The van der Waals surface area contributed by atoms with E-state index >= 15 is 0 Å². The number of aliphatic carboxylic acids is 1. The van der Waals surface area contributed by atoms with Crippen LogP contribution < -0.4 is 5.73 Å². The van der Waals surface area contributed by atoms with E-state index in [2.05, 4.69) is 74.3 Å². The van der Waals surface area contributed by atoms with Crippen molar-refractivity contribution in [3.05, 3.63) is 12.7 Å². The lowest BCUT2D eigenvalue weighted by Gasteiger charge is -2.46. The van der Waals surface area contributed by atoms with Crippen molar-refractivity contribution in [2.24, 2.45) is 23.0 Å². The van der Waals surface area contributed by atoms with Crippen LogP contribution in [-0.2, 0) is 18.4 Å². The number of nitrogens with two attached hydrogens (primary N) is 1. The summed E-state index contributed by atoms with van der Waals surface area (Å²) >= 11 is 0. The largest absolute Gasteiger partial charge is 0.481 e. The van der Waals surface area contributed by atoms with E-state index in [1.54, 1.807) is 0 Å². The molecule has 0 aliphatic heterocycles. The lowest BCUT2D eigenvalue weighted by atomic mass is 9.73. The van der Waals surface area contributed by atoms with Crippen molar-refractivity contribution in [2.45, 2.75) is 162 Å². The highest BCUT2D eigenvalue weighted by Gasteiger charge is 2.49. The third-order valence-corrected chi connectivity index (χ3v) is 18.7. The van der Waals surface area contributed by atoms with Gasteiger partial charge < -0.3 is 19.7 Å². The van der Waals surface area contributed by atoms with E-state index in [9.17, 15) is 14.7 Å². The molecule has 0 bridgehead atoms. The zero-order chi connectivity index (χ0) is 31.9. The predicted molar refractivity (Wildman–Crippen MR) is 175 cm³/mol. The monoisotopic (exact) mass is 599 g/mol. The van der Waals surface area contributed by atoms with E-state index in [1.807, 2.05) is 33.8 Å². The molecular formula is C32H65NO5Si2. The summed E-state index contributed by atoms with van der Waals surface area (Å²) in [6.45, 7) is 33.0. The van der Waals surface area contributed by atoms with Gasteiger partial charge in [0.15, 0.2) is 16.6 Å². The third kappa shape index (κ3) is 11.5. The molecule has 1 aliphatic rings. The molecule has 1 saturated carbocycles. The Hall–Kier alpha value is -0.806. The first kappa shape index (κ1) is 39.2. The third-order valence-electron chi connectivity index (χ3n) is 9.73. The maximum Gasteiger partial charge on any atom is 0.305 e. The Morgan fingerprint density at radius 1 is 0.900 bits per heavy atom. The molecule has 0 amide bonds. The Labute approximate surface area is 249 Å². The summed E-state index contributed by atoms with van der Waals surface area (Å²) in [5, 5.41) is 9.54. The molecular weight excluding hydrogens is 535 g/mol. The van der Waals surface area contributed by atoms with Gasteiger partial charge in [-0.2, -0.15) is 0 Å². The van der Waals surface area contributed by atoms with Gasteiger partial charge >= 0.3 is 5.97 Å². The molecule has 8 heteroatoms. The fourth-order valence-electron chi connectivity index (χ4n) is 4.48. The fraction of sp³-hybridized carbons (Fsp3) is 0.875. The Bertz CT molecular complexity index is 820. The SMILES string of the molecule is C=C[C@H](C)[C@H](O[Si](C)(C)C(C)(C)C)[C@@H](C)C(=O)C(C)(C)[C@H](CC(=O)O)O[Si](C)(C)C(C)(C)C.NC1CCCCC1. The van der Waals surface area contributed by atoms with Gasteiger partial charge in [0, 0.05) is 17.4 Å². The summed E-state index contributed by atoms with van der Waals surface area (Å²) in [5.74, 6) is -1.43. The highest BCUT2D eigenvalue weighted by Crippen LogP contribution is 2.43. The van der Waals surface area contributed by atoms with Gasteiger partial charge in [0.25, 0.3) is 0 Å². The molecule has 40 heavy (non-hydrogen) atoms. The number of Topliss-reactive ketones (excluding diaryl/α,β-unsaturated/α-hetero) is 1. The van der Waals surface area contributed by atoms with Crippen LogP contribution in [0, 0.1) is 17.3 Å².